The molecule has 1 saturated heterocycles. The number of nitrogens with one attached hydrogen (secondary N) is 1. The predicted octanol–water partition coefficient (Wildman–Crippen LogP) is 5.92. The second-order valence-electron chi connectivity index (χ2n) is 8.92. The Labute approximate surface area is 157 Å². The van der Waals surface area contributed by atoms with Crippen LogP contribution in [0.3, 0.4) is 0 Å². The van der Waals surface area contributed by atoms with Crippen molar-refractivity contribution in [2.75, 3.05) is 13.2 Å². The molecule has 140 valence electrons. The molecule has 4 rings (SSSR count). The summed E-state index contributed by atoms with van der Waals surface area (Å²) < 4.78 is 6.42. The summed E-state index contributed by atoms with van der Waals surface area (Å²) in [6, 6.07) is 2.25. The van der Waals surface area contributed by atoms with Crippen molar-refractivity contribution >= 4 is 11.3 Å². The molecular formula is C22H35NOS. The van der Waals surface area contributed by atoms with Crippen LogP contribution in [0.2, 0.25) is 0 Å². The lowest BCUT2D eigenvalue weighted by Gasteiger charge is -2.52. The lowest BCUT2D eigenvalue weighted by atomic mass is 9.59. The van der Waals surface area contributed by atoms with Crippen molar-refractivity contribution in [3.8, 4) is 0 Å². The van der Waals surface area contributed by atoms with Crippen LogP contribution in [0.25, 0.3) is 0 Å². The molecule has 2 nitrogen and oxygen atoms in total. The summed E-state index contributed by atoms with van der Waals surface area (Å²) in [5.41, 5.74) is 2.24. The predicted molar refractivity (Wildman–Crippen MR) is 106 cm³/mol. The van der Waals surface area contributed by atoms with Crippen molar-refractivity contribution < 1.29 is 4.74 Å². The van der Waals surface area contributed by atoms with E-state index >= 15 is 0 Å². The fourth-order valence-corrected chi connectivity index (χ4v) is 6.71. The summed E-state index contributed by atoms with van der Waals surface area (Å²) in [6.45, 7) is 3.22. The molecule has 1 unspecified atom stereocenters. The van der Waals surface area contributed by atoms with Gasteiger partial charge >= 0.3 is 0 Å². The molecule has 1 spiro atoms. The van der Waals surface area contributed by atoms with E-state index in [1.807, 2.05) is 0 Å². The SMILES string of the molecule is c1cc(CNCCC2(C3CCCCC3)CCOC3(CCCC3)C2)cs1. The lowest BCUT2D eigenvalue weighted by Crippen LogP contribution is -2.48. The maximum absolute atomic E-state index is 6.42. The van der Waals surface area contributed by atoms with Crippen LogP contribution in [0, 0.1) is 11.3 Å². The minimum absolute atomic E-state index is 0.253. The fourth-order valence-electron chi connectivity index (χ4n) is 6.04. The van der Waals surface area contributed by atoms with Crippen LogP contribution in [-0.4, -0.2) is 18.8 Å². The molecule has 0 radical (unpaired) electrons. The van der Waals surface area contributed by atoms with Gasteiger partial charge in [-0.25, -0.2) is 0 Å². The first-order valence-electron chi connectivity index (χ1n) is 10.7. The van der Waals surface area contributed by atoms with Crippen LogP contribution >= 0.6 is 11.3 Å². The highest BCUT2D eigenvalue weighted by Gasteiger charge is 2.50. The number of hydrogen-bond donors (Lipinski definition) is 1. The van der Waals surface area contributed by atoms with Crippen LogP contribution < -0.4 is 5.32 Å². The van der Waals surface area contributed by atoms with Gasteiger partial charge < -0.3 is 10.1 Å². The molecule has 0 amide bonds. The molecule has 1 aromatic heterocycles. The Bertz CT molecular complexity index is 516. The number of hydrogen-bond acceptors (Lipinski definition) is 3. The molecular weight excluding hydrogens is 326 g/mol. The molecule has 2 saturated carbocycles. The first-order valence-corrected chi connectivity index (χ1v) is 11.6. The highest BCUT2D eigenvalue weighted by Crippen LogP contribution is 2.55. The Morgan fingerprint density at radius 2 is 1.92 bits per heavy atom. The summed E-state index contributed by atoms with van der Waals surface area (Å²) in [5, 5.41) is 8.20. The van der Waals surface area contributed by atoms with Crippen molar-refractivity contribution in [2.24, 2.45) is 11.3 Å². The third kappa shape index (κ3) is 4.14. The maximum atomic E-state index is 6.42. The third-order valence-electron chi connectivity index (χ3n) is 7.38. The van der Waals surface area contributed by atoms with Crippen molar-refractivity contribution in [3.63, 3.8) is 0 Å². The van der Waals surface area contributed by atoms with E-state index in [1.54, 1.807) is 11.3 Å². The van der Waals surface area contributed by atoms with Gasteiger partial charge in [0.15, 0.2) is 0 Å². The third-order valence-corrected chi connectivity index (χ3v) is 8.11. The van der Waals surface area contributed by atoms with E-state index in [1.165, 1.54) is 89.2 Å². The van der Waals surface area contributed by atoms with Crippen LogP contribution in [0.15, 0.2) is 16.8 Å². The van der Waals surface area contributed by atoms with Crippen molar-refractivity contribution in [1.29, 1.82) is 0 Å². The van der Waals surface area contributed by atoms with Gasteiger partial charge in [0.1, 0.15) is 0 Å². The molecule has 3 heteroatoms. The standard InChI is InChI=1S/C22H35NOS/c1-2-6-20(7-3-1)21(11-13-23-16-19-8-15-25-17-19)12-14-24-22(18-21)9-4-5-10-22/h8,15,17,20,23H,1-7,9-14,16,18H2. The maximum Gasteiger partial charge on any atom is 0.0688 e. The Hall–Kier alpha value is -0.380. The minimum Gasteiger partial charge on any atom is -0.375 e. The summed E-state index contributed by atoms with van der Waals surface area (Å²) in [6.07, 6.45) is 16.8. The number of rotatable bonds is 6. The average Bonchev–Trinajstić information content (AvgIpc) is 3.32. The second kappa shape index (κ2) is 8.10. The van der Waals surface area contributed by atoms with Crippen molar-refractivity contribution in [3.05, 3.63) is 22.4 Å². The van der Waals surface area contributed by atoms with Gasteiger partial charge in [-0.3, -0.25) is 0 Å². The Balaban J connectivity index is 1.41. The molecule has 3 aliphatic rings. The van der Waals surface area contributed by atoms with E-state index in [-0.39, 0.29) is 5.60 Å². The van der Waals surface area contributed by atoms with Crippen molar-refractivity contribution in [1.82, 2.24) is 5.32 Å². The van der Waals surface area contributed by atoms with Gasteiger partial charge in [0.05, 0.1) is 5.60 Å². The number of thiophene rings is 1. The zero-order valence-corrected chi connectivity index (χ0v) is 16.5. The van der Waals surface area contributed by atoms with E-state index in [9.17, 15) is 0 Å². The highest BCUT2D eigenvalue weighted by molar-refractivity contribution is 7.07. The normalized spacial score (nSPS) is 30.1. The van der Waals surface area contributed by atoms with Gasteiger partial charge in [-0.1, -0.05) is 32.1 Å². The summed E-state index contributed by atoms with van der Waals surface area (Å²) in [4.78, 5) is 0. The second-order valence-corrected chi connectivity index (χ2v) is 9.70. The molecule has 0 bridgehead atoms. The van der Waals surface area contributed by atoms with E-state index in [0.717, 1.165) is 19.1 Å². The van der Waals surface area contributed by atoms with E-state index in [2.05, 4.69) is 22.1 Å². The fraction of sp³-hybridized carbons (Fsp3) is 0.818. The molecule has 2 aliphatic carbocycles. The van der Waals surface area contributed by atoms with E-state index < -0.39 is 0 Å². The van der Waals surface area contributed by atoms with Gasteiger partial charge in [0, 0.05) is 13.2 Å². The molecule has 1 atom stereocenters. The zero-order valence-electron chi connectivity index (χ0n) is 15.7. The van der Waals surface area contributed by atoms with Crippen LogP contribution in [0.4, 0.5) is 0 Å². The largest absolute Gasteiger partial charge is 0.375 e. The van der Waals surface area contributed by atoms with Crippen LogP contribution in [0.1, 0.15) is 82.6 Å². The van der Waals surface area contributed by atoms with Gasteiger partial charge in [0.25, 0.3) is 0 Å². The first kappa shape index (κ1) is 18.0. The molecule has 25 heavy (non-hydrogen) atoms. The van der Waals surface area contributed by atoms with Gasteiger partial charge in [-0.05, 0) is 85.2 Å². The molecule has 2 heterocycles. The quantitative estimate of drug-likeness (QED) is 0.635. The monoisotopic (exact) mass is 361 g/mol. The van der Waals surface area contributed by atoms with Gasteiger partial charge in [0.2, 0.25) is 0 Å². The van der Waals surface area contributed by atoms with E-state index in [4.69, 9.17) is 4.74 Å². The lowest BCUT2D eigenvalue weighted by molar-refractivity contribution is -0.144. The zero-order chi connectivity index (χ0) is 17.0. The Morgan fingerprint density at radius 3 is 2.68 bits per heavy atom. The van der Waals surface area contributed by atoms with Crippen molar-refractivity contribution in [2.45, 2.75) is 89.2 Å². The summed E-state index contributed by atoms with van der Waals surface area (Å²) in [5.74, 6) is 0.950. The number of ether oxygens (including phenoxy) is 1. The van der Waals surface area contributed by atoms with Crippen LogP contribution in [0.5, 0.6) is 0 Å². The first-order chi connectivity index (χ1) is 12.3. The molecule has 3 fully saturated rings. The average molecular weight is 362 g/mol. The van der Waals surface area contributed by atoms with E-state index in [0.29, 0.717) is 5.41 Å². The molecule has 1 aliphatic heterocycles. The highest BCUT2D eigenvalue weighted by atomic mass is 32.1. The summed E-state index contributed by atoms with van der Waals surface area (Å²) >= 11 is 1.80. The Morgan fingerprint density at radius 1 is 1.08 bits per heavy atom. The molecule has 1 N–H and O–H groups in total. The topological polar surface area (TPSA) is 21.3 Å². The Kier molecular flexibility index (Phi) is 5.84. The minimum atomic E-state index is 0.253. The summed E-state index contributed by atoms with van der Waals surface area (Å²) in [7, 11) is 0. The molecule has 1 aromatic rings. The smallest absolute Gasteiger partial charge is 0.0688 e. The van der Waals surface area contributed by atoms with Crippen LogP contribution in [-0.2, 0) is 11.3 Å². The van der Waals surface area contributed by atoms with Gasteiger partial charge in [-0.15, -0.1) is 0 Å². The molecule has 0 aromatic carbocycles. The van der Waals surface area contributed by atoms with Gasteiger partial charge in [-0.2, -0.15) is 11.3 Å².